The number of anilines is 10. The Morgan fingerprint density at radius 3 is 1.17 bits per heavy atom. The van der Waals surface area contributed by atoms with Crippen LogP contribution >= 0.6 is 0 Å². The van der Waals surface area contributed by atoms with E-state index < -0.39 is 20.2 Å². The first-order chi connectivity index (χ1) is 30.4. The van der Waals surface area contributed by atoms with Crippen LogP contribution in [-0.2, 0) is 42.6 Å². The molecular formula is C41H44N12O8S2. The summed E-state index contributed by atoms with van der Waals surface area (Å²) in [5.74, 6) is 1.56. The van der Waals surface area contributed by atoms with E-state index in [-0.39, 0.29) is 75.3 Å². The van der Waals surface area contributed by atoms with Crippen molar-refractivity contribution in [3.63, 3.8) is 0 Å². The molecule has 0 saturated carbocycles. The minimum absolute atomic E-state index is 0.130. The van der Waals surface area contributed by atoms with Gasteiger partial charge in [-0.1, -0.05) is 48.5 Å². The molecule has 63 heavy (non-hydrogen) atoms. The molecule has 0 spiro atoms. The maximum absolute atomic E-state index is 12.7. The lowest BCUT2D eigenvalue weighted by molar-refractivity contribution is 0.122. The van der Waals surface area contributed by atoms with E-state index in [0.29, 0.717) is 64.5 Å². The van der Waals surface area contributed by atoms with Crippen LogP contribution in [0.3, 0.4) is 0 Å². The number of hydrogen-bond acceptors (Lipinski definition) is 18. The van der Waals surface area contributed by atoms with Gasteiger partial charge in [0.25, 0.3) is 20.2 Å². The molecule has 8 rings (SSSR count). The van der Waals surface area contributed by atoms with Crippen LogP contribution in [0.2, 0.25) is 0 Å². The molecule has 2 saturated heterocycles. The third-order valence-electron chi connectivity index (χ3n) is 9.99. The molecule has 20 nitrogen and oxygen atoms in total. The quantitative estimate of drug-likeness (QED) is 0.0667. The molecule has 6 aromatic rings. The molecule has 4 heterocycles. The molecule has 0 atom stereocenters. The van der Waals surface area contributed by atoms with Crippen LogP contribution in [0.5, 0.6) is 0 Å². The molecule has 2 aliphatic rings. The highest BCUT2D eigenvalue weighted by Crippen LogP contribution is 2.29. The number of nitrogens with zero attached hydrogens (tertiary/aromatic N) is 8. The average Bonchev–Trinajstić information content (AvgIpc) is 3.28. The Labute approximate surface area is 363 Å². The number of ether oxygens (including phenoxy) is 2. The van der Waals surface area contributed by atoms with Crippen molar-refractivity contribution in [3.8, 4) is 0 Å². The minimum Gasteiger partial charge on any atom is -0.378 e. The summed E-state index contributed by atoms with van der Waals surface area (Å²) in [7, 11) is -9.43. The Hall–Kier alpha value is -6.56. The van der Waals surface area contributed by atoms with Crippen molar-refractivity contribution >= 4 is 78.7 Å². The zero-order chi connectivity index (χ0) is 43.8. The van der Waals surface area contributed by atoms with Gasteiger partial charge in [0.2, 0.25) is 35.7 Å². The maximum Gasteiger partial charge on any atom is 0.294 e. The van der Waals surface area contributed by atoms with Crippen molar-refractivity contribution in [2.75, 3.05) is 83.7 Å². The van der Waals surface area contributed by atoms with Crippen molar-refractivity contribution in [1.82, 2.24) is 29.9 Å². The first-order valence-corrected chi connectivity index (χ1v) is 22.9. The number of nitrogens with one attached hydrogen (secondary N) is 4. The number of aromatic nitrogens is 6. The summed E-state index contributed by atoms with van der Waals surface area (Å²) in [4.78, 5) is 30.6. The van der Waals surface area contributed by atoms with Crippen LogP contribution in [0.15, 0.2) is 107 Å². The van der Waals surface area contributed by atoms with E-state index in [2.05, 4.69) is 51.2 Å². The summed E-state index contributed by atoms with van der Waals surface area (Å²) < 4.78 is 82.5. The Bertz CT molecular complexity index is 2570. The number of morpholine rings is 2. The van der Waals surface area contributed by atoms with Crippen molar-refractivity contribution in [2.45, 2.75) is 29.1 Å². The van der Waals surface area contributed by atoms with Crippen LogP contribution in [0.4, 0.5) is 58.4 Å². The fraction of sp³-hybridized carbons (Fsp3) is 0.268. The van der Waals surface area contributed by atoms with Crippen LogP contribution < -0.4 is 31.1 Å². The van der Waals surface area contributed by atoms with Gasteiger partial charge in [0, 0.05) is 48.9 Å². The van der Waals surface area contributed by atoms with Crippen molar-refractivity contribution in [1.29, 1.82) is 0 Å². The Morgan fingerprint density at radius 2 is 0.825 bits per heavy atom. The fourth-order valence-electron chi connectivity index (χ4n) is 6.95. The lowest BCUT2D eigenvalue weighted by Gasteiger charge is -2.27. The number of aryl methyl sites for hydroxylation is 2. The summed E-state index contributed by atoms with van der Waals surface area (Å²) in [6, 6.07) is 27.6. The molecule has 2 fully saturated rings. The monoisotopic (exact) mass is 896 g/mol. The molecule has 2 aliphatic heterocycles. The first-order valence-electron chi connectivity index (χ1n) is 20.0. The molecule has 0 unspecified atom stereocenters. The van der Waals surface area contributed by atoms with E-state index in [4.69, 9.17) is 9.47 Å². The number of rotatable bonds is 16. The Kier molecular flexibility index (Phi) is 13.2. The minimum atomic E-state index is -4.72. The lowest BCUT2D eigenvalue weighted by atomic mass is 10.0. The Morgan fingerprint density at radius 1 is 0.476 bits per heavy atom. The van der Waals surface area contributed by atoms with Crippen LogP contribution in [-0.4, -0.2) is 108 Å². The fourth-order valence-corrected chi connectivity index (χ4v) is 8.50. The zero-order valence-electron chi connectivity index (χ0n) is 33.8. The first kappa shape index (κ1) is 43.1. The second-order valence-electron chi connectivity index (χ2n) is 14.4. The van der Waals surface area contributed by atoms with Crippen molar-refractivity contribution < 1.29 is 35.4 Å². The second-order valence-corrected chi connectivity index (χ2v) is 17.2. The third-order valence-corrected chi connectivity index (χ3v) is 11.9. The average molecular weight is 897 g/mol. The van der Waals surface area contributed by atoms with Crippen molar-refractivity contribution in [3.05, 3.63) is 108 Å². The Balaban J connectivity index is 0.992. The number of benzene rings is 4. The molecule has 2 aromatic heterocycles. The van der Waals surface area contributed by atoms with E-state index in [1.165, 1.54) is 12.1 Å². The highest BCUT2D eigenvalue weighted by atomic mass is 32.2. The van der Waals surface area contributed by atoms with Crippen molar-refractivity contribution in [2.24, 2.45) is 0 Å². The van der Waals surface area contributed by atoms with E-state index in [9.17, 15) is 25.9 Å². The van der Waals surface area contributed by atoms with Gasteiger partial charge in [-0.2, -0.15) is 46.7 Å². The van der Waals surface area contributed by atoms with Gasteiger partial charge in [-0.05, 0) is 78.9 Å². The number of para-hydroxylation sites is 2. The molecule has 0 bridgehead atoms. The zero-order valence-corrected chi connectivity index (χ0v) is 35.4. The standard InChI is InChI=1S/C41H44N12O8S2/c54-62(55,56)34-26-32(44-38-46-36(42-30-10-3-1-4-11-30)48-40(50-38)52-18-22-60-23-19-52)16-14-28(34)8-7-9-29-15-17-33(27-35(29)63(57,58)59)45-39-47-37(43-31-12-5-2-6-13-31)49-41(51-39)53-20-24-61-25-21-53/h1-6,10-17,26-27H,7-9,18-25H2,(H,54,55,56)(H,57,58,59)(H2,42,44,46,48,50)(H2,43,45,47,49,51). The highest BCUT2D eigenvalue weighted by molar-refractivity contribution is 7.86. The van der Waals surface area contributed by atoms with E-state index in [1.54, 1.807) is 24.3 Å². The van der Waals surface area contributed by atoms with Gasteiger partial charge in [-0.3, -0.25) is 9.11 Å². The summed E-state index contributed by atoms with van der Waals surface area (Å²) in [6.07, 6.45) is 0.510. The van der Waals surface area contributed by atoms with Crippen LogP contribution in [0, 0.1) is 0 Å². The maximum atomic E-state index is 12.7. The predicted molar refractivity (Wildman–Crippen MR) is 236 cm³/mol. The molecule has 6 N–H and O–H groups in total. The molecule has 4 aromatic carbocycles. The third kappa shape index (κ3) is 11.5. The van der Waals surface area contributed by atoms with Gasteiger partial charge < -0.3 is 40.5 Å². The van der Waals surface area contributed by atoms with E-state index >= 15 is 0 Å². The summed E-state index contributed by atoms with van der Waals surface area (Å²) >= 11 is 0. The predicted octanol–water partition coefficient (Wildman–Crippen LogP) is 5.37. The molecule has 0 radical (unpaired) electrons. The smallest absolute Gasteiger partial charge is 0.294 e. The molecule has 328 valence electrons. The van der Waals surface area contributed by atoms with E-state index in [0.717, 1.165) is 11.4 Å². The largest absolute Gasteiger partial charge is 0.378 e. The van der Waals surface area contributed by atoms with Gasteiger partial charge >= 0.3 is 0 Å². The van der Waals surface area contributed by atoms with Gasteiger partial charge in [0.1, 0.15) is 0 Å². The van der Waals surface area contributed by atoms with Gasteiger partial charge in [-0.25, -0.2) is 0 Å². The normalized spacial score (nSPS) is 14.6. The summed E-state index contributed by atoms with van der Waals surface area (Å²) in [5.41, 5.74) is 2.65. The molecule has 0 aliphatic carbocycles. The molecule has 22 heteroatoms. The lowest BCUT2D eigenvalue weighted by Crippen LogP contribution is -2.37. The van der Waals surface area contributed by atoms with Gasteiger partial charge in [0.15, 0.2) is 0 Å². The van der Waals surface area contributed by atoms with Gasteiger partial charge in [0.05, 0.1) is 36.2 Å². The summed E-state index contributed by atoms with van der Waals surface area (Å²) in [5, 5.41) is 12.4. The molecular weight excluding hydrogens is 853 g/mol. The van der Waals surface area contributed by atoms with Crippen LogP contribution in [0.1, 0.15) is 17.5 Å². The van der Waals surface area contributed by atoms with Gasteiger partial charge in [-0.15, -0.1) is 0 Å². The van der Waals surface area contributed by atoms with Crippen LogP contribution in [0.25, 0.3) is 0 Å². The molecule has 0 amide bonds. The summed E-state index contributed by atoms with van der Waals surface area (Å²) in [6.45, 7) is 4.26. The SMILES string of the molecule is O=S(=O)(O)c1cc(Nc2nc(Nc3ccccc3)nc(N3CCOCC3)n2)ccc1CCCc1ccc(Nc2nc(Nc3ccccc3)nc(N3CCOCC3)n2)cc1S(=O)(=O)O. The number of hydrogen-bond donors (Lipinski definition) is 6. The second kappa shape index (κ2) is 19.2. The topological polar surface area (TPSA) is 259 Å². The van der Waals surface area contributed by atoms with E-state index in [1.807, 2.05) is 70.5 Å². The highest BCUT2D eigenvalue weighted by Gasteiger charge is 2.22.